The maximum Gasteiger partial charge on any atom is 0.132 e. The molecular formula is C26H25FN2O. The van der Waals surface area contributed by atoms with Gasteiger partial charge in [0.25, 0.3) is 0 Å². The van der Waals surface area contributed by atoms with Crippen molar-refractivity contribution in [2.75, 3.05) is 13.2 Å². The van der Waals surface area contributed by atoms with Crippen molar-refractivity contribution >= 4 is 10.9 Å². The smallest absolute Gasteiger partial charge is 0.132 e. The fraction of sp³-hybridized carbons (Fsp3) is 0.192. The quantitative estimate of drug-likeness (QED) is 0.433. The Morgan fingerprint density at radius 3 is 2.13 bits per heavy atom. The summed E-state index contributed by atoms with van der Waals surface area (Å²) in [6.45, 7) is 1.42. The largest absolute Gasteiger partial charge is 0.396 e. The number of halogens is 1. The Morgan fingerprint density at radius 2 is 1.50 bits per heavy atom. The first-order valence-electron chi connectivity index (χ1n) is 10.2. The average molecular weight is 400 g/mol. The molecule has 4 rings (SSSR count). The van der Waals surface area contributed by atoms with Crippen molar-refractivity contribution in [1.82, 2.24) is 9.88 Å². The molecule has 1 heterocycles. The van der Waals surface area contributed by atoms with Crippen molar-refractivity contribution in [3.05, 3.63) is 114 Å². The third-order valence-corrected chi connectivity index (χ3v) is 5.37. The molecule has 1 N–H and O–H groups in total. The van der Waals surface area contributed by atoms with Crippen LogP contribution in [0.3, 0.4) is 0 Å². The molecule has 0 bridgehead atoms. The molecule has 0 amide bonds. The van der Waals surface area contributed by atoms with Gasteiger partial charge in [0, 0.05) is 31.3 Å². The van der Waals surface area contributed by atoms with Gasteiger partial charge in [-0.1, -0.05) is 66.7 Å². The van der Waals surface area contributed by atoms with E-state index in [2.05, 4.69) is 34.1 Å². The molecule has 0 saturated heterocycles. The summed E-state index contributed by atoms with van der Waals surface area (Å²) in [5.41, 5.74) is 4.02. The van der Waals surface area contributed by atoms with Crippen LogP contribution in [0.4, 0.5) is 4.39 Å². The molecule has 3 nitrogen and oxygen atoms in total. The van der Waals surface area contributed by atoms with Gasteiger partial charge in [-0.25, -0.2) is 4.39 Å². The van der Waals surface area contributed by atoms with Crippen LogP contribution in [-0.4, -0.2) is 28.1 Å². The average Bonchev–Trinajstić information content (AvgIpc) is 2.81. The first-order chi connectivity index (χ1) is 14.8. The first kappa shape index (κ1) is 20.2. The van der Waals surface area contributed by atoms with Gasteiger partial charge in [-0.15, -0.1) is 0 Å². The second-order valence-electron chi connectivity index (χ2n) is 7.38. The maximum atomic E-state index is 14.3. The number of aliphatic hydroxyl groups is 1. The van der Waals surface area contributed by atoms with E-state index in [1.807, 2.05) is 42.5 Å². The molecule has 0 unspecified atom stereocenters. The Kier molecular flexibility index (Phi) is 6.47. The lowest BCUT2D eigenvalue weighted by Crippen LogP contribution is -2.31. The molecule has 0 saturated carbocycles. The highest BCUT2D eigenvalue weighted by atomic mass is 19.1. The molecule has 0 fully saturated rings. The number of hydrogen-bond acceptors (Lipinski definition) is 3. The molecule has 4 aromatic rings. The van der Waals surface area contributed by atoms with Crippen LogP contribution in [0.5, 0.6) is 0 Å². The van der Waals surface area contributed by atoms with E-state index in [4.69, 9.17) is 0 Å². The van der Waals surface area contributed by atoms with E-state index in [1.54, 1.807) is 18.3 Å². The molecule has 3 aromatic carbocycles. The molecule has 0 aliphatic rings. The molecule has 0 spiro atoms. The topological polar surface area (TPSA) is 36.4 Å². The zero-order chi connectivity index (χ0) is 20.8. The van der Waals surface area contributed by atoms with Crippen LogP contribution in [0, 0.1) is 5.82 Å². The van der Waals surface area contributed by atoms with Gasteiger partial charge in [0.1, 0.15) is 5.82 Å². The summed E-state index contributed by atoms with van der Waals surface area (Å²) in [7, 11) is 0. The van der Waals surface area contributed by atoms with Crippen LogP contribution in [-0.2, 0) is 6.54 Å². The molecular weight excluding hydrogens is 375 g/mol. The number of rotatable bonds is 8. The molecule has 0 aliphatic heterocycles. The SMILES string of the molecule is OCCCN(Cc1ccc(F)c2cccnc12)C(c1ccccc1)c1ccccc1. The maximum absolute atomic E-state index is 14.3. The Bertz CT molecular complexity index is 1050. The van der Waals surface area contributed by atoms with Gasteiger partial charge >= 0.3 is 0 Å². The van der Waals surface area contributed by atoms with Crippen molar-refractivity contribution in [3.8, 4) is 0 Å². The summed E-state index contributed by atoms with van der Waals surface area (Å²) in [4.78, 5) is 6.80. The van der Waals surface area contributed by atoms with Crippen LogP contribution in [0.1, 0.15) is 29.2 Å². The van der Waals surface area contributed by atoms with Crippen LogP contribution < -0.4 is 0 Å². The summed E-state index contributed by atoms with van der Waals surface area (Å²) < 4.78 is 14.3. The number of fused-ring (bicyclic) bond motifs is 1. The number of pyridine rings is 1. The van der Waals surface area contributed by atoms with Gasteiger partial charge in [-0.2, -0.15) is 0 Å². The Hall–Kier alpha value is -3.08. The summed E-state index contributed by atoms with van der Waals surface area (Å²) >= 11 is 0. The van der Waals surface area contributed by atoms with Gasteiger partial charge in [0.2, 0.25) is 0 Å². The molecule has 0 aliphatic carbocycles. The molecule has 1 aromatic heterocycles. The van der Waals surface area contributed by atoms with E-state index in [1.165, 1.54) is 17.2 Å². The van der Waals surface area contributed by atoms with Gasteiger partial charge in [0.15, 0.2) is 0 Å². The number of aromatic nitrogens is 1. The van der Waals surface area contributed by atoms with Crippen molar-refractivity contribution in [1.29, 1.82) is 0 Å². The Balaban J connectivity index is 1.78. The minimum atomic E-state index is -0.258. The van der Waals surface area contributed by atoms with E-state index < -0.39 is 0 Å². The van der Waals surface area contributed by atoms with Crippen molar-refractivity contribution < 1.29 is 9.50 Å². The third-order valence-electron chi connectivity index (χ3n) is 5.37. The lowest BCUT2D eigenvalue weighted by atomic mass is 9.96. The van der Waals surface area contributed by atoms with Gasteiger partial charge in [-0.05, 0) is 41.3 Å². The van der Waals surface area contributed by atoms with E-state index >= 15 is 0 Å². The van der Waals surface area contributed by atoms with Gasteiger partial charge < -0.3 is 5.11 Å². The van der Waals surface area contributed by atoms with E-state index in [0.717, 1.165) is 5.56 Å². The molecule has 0 atom stereocenters. The lowest BCUT2D eigenvalue weighted by molar-refractivity contribution is 0.187. The third kappa shape index (κ3) is 4.40. The second-order valence-corrected chi connectivity index (χ2v) is 7.38. The highest BCUT2D eigenvalue weighted by molar-refractivity contribution is 5.82. The zero-order valence-electron chi connectivity index (χ0n) is 16.8. The monoisotopic (exact) mass is 400 g/mol. The highest BCUT2D eigenvalue weighted by Gasteiger charge is 2.23. The normalized spacial score (nSPS) is 11.5. The Morgan fingerprint density at radius 1 is 0.833 bits per heavy atom. The van der Waals surface area contributed by atoms with E-state index in [9.17, 15) is 9.50 Å². The molecule has 0 radical (unpaired) electrons. The summed E-state index contributed by atoms with van der Waals surface area (Å²) in [5.74, 6) is -0.258. The van der Waals surface area contributed by atoms with Crippen molar-refractivity contribution in [2.45, 2.75) is 19.0 Å². The first-order valence-corrected chi connectivity index (χ1v) is 10.2. The van der Waals surface area contributed by atoms with Crippen LogP contribution in [0.15, 0.2) is 91.1 Å². The van der Waals surface area contributed by atoms with Gasteiger partial charge in [-0.3, -0.25) is 9.88 Å². The predicted molar refractivity (Wildman–Crippen MR) is 119 cm³/mol. The van der Waals surface area contributed by atoms with Crippen molar-refractivity contribution in [3.63, 3.8) is 0 Å². The summed E-state index contributed by atoms with van der Waals surface area (Å²) in [6.07, 6.45) is 2.36. The molecule has 4 heteroatoms. The van der Waals surface area contributed by atoms with Gasteiger partial charge in [0.05, 0.1) is 11.6 Å². The molecule has 152 valence electrons. The number of nitrogens with zero attached hydrogens (tertiary/aromatic N) is 2. The fourth-order valence-electron chi connectivity index (χ4n) is 4.00. The Labute approximate surface area is 176 Å². The molecule has 30 heavy (non-hydrogen) atoms. The standard InChI is InChI=1S/C26H25FN2O/c27-24-15-14-22(25-23(24)13-7-16-28-25)19-29(17-8-18-30)26(20-9-3-1-4-10-20)21-11-5-2-6-12-21/h1-7,9-16,26,30H,8,17-19H2. The second kappa shape index (κ2) is 9.61. The van der Waals surface area contributed by atoms with E-state index in [0.29, 0.717) is 30.4 Å². The zero-order valence-corrected chi connectivity index (χ0v) is 16.8. The number of hydrogen-bond donors (Lipinski definition) is 1. The lowest BCUT2D eigenvalue weighted by Gasteiger charge is -2.33. The van der Waals surface area contributed by atoms with Crippen LogP contribution in [0.2, 0.25) is 0 Å². The minimum absolute atomic E-state index is 0.0164. The summed E-state index contributed by atoms with van der Waals surface area (Å²) in [5, 5.41) is 10.1. The highest BCUT2D eigenvalue weighted by Crippen LogP contribution is 2.31. The van der Waals surface area contributed by atoms with Crippen LogP contribution in [0.25, 0.3) is 10.9 Å². The summed E-state index contributed by atoms with van der Waals surface area (Å²) in [6, 6.07) is 27.6. The predicted octanol–water partition coefficient (Wildman–Crippen LogP) is 5.35. The minimum Gasteiger partial charge on any atom is -0.396 e. The van der Waals surface area contributed by atoms with Crippen LogP contribution >= 0.6 is 0 Å². The van der Waals surface area contributed by atoms with E-state index in [-0.39, 0.29) is 18.5 Å². The van der Waals surface area contributed by atoms with Crippen molar-refractivity contribution in [2.24, 2.45) is 0 Å². The fourth-order valence-corrected chi connectivity index (χ4v) is 4.00. The number of benzene rings is 3. The number of aliphatic hydroxyl groups excluding tert-OH is 1.